The molecule has 0 bridgehead atoms. The molecular formula is C15H26N2O3S. The molecule has 0 aromatic heterocycles. The second-order valence-corrected chi connectivity index (χ2v) is 7.03. The van der Waals surface area contributed by atoms with Crippen molar-refractivity contribution in [2.24, 2.45) is 5.73 Å². The van der Waals surface area contributed by atoms with E-state index in [1.54, 1.807) is 13.0 Å². The average molecular weight is 314 g/mol. The minimum atomic E-state index is -3.70. The second-order valence-electron chi connectivity index (χ2n) is 5.41. The summed E-state index contributed by atoms with van der Waals surface area (Å²) in [6.07, 6.45) is 1.26. The molecule has 0 spiro atoms. The van der Waals surface area contributed by atoms with Gasteiger partial charge >= 0.3 is 0 Å². The molecule has 120 valence electrons. The van der Waals surface area contributed by atoms with E-state index < -0.39 is 15.6 Å². The largest absolute Gasteiger partial charge is 0.495 e. The van der Waals surface area contributed by atoms with Crippen molar-refractivity contribution < 1.29 is 13.2 Å². The highest BCUT2D eigenvalue weighted by atomic mass is 32.2. The first kappa shape index (κ1) is 17.9. The summed E-state index contributed by atoms with van der Waals surface area (Å²) < 4.78 is 33.6. The maximum Gasteiger partial charge on any atom is 0.245 e. The Bertz CT molecular complexity index is 585. The summed E-state index contributed by atoms with van der Waals surface area (Å²) in [6.45, 7) is 7.79. The zero-order chi connectivity index (χ0) is 16.3. The highest BCUT2D eigenvalue weighted by molar-refractivity contribution is 7.89. The van der Waals surface area contributed by atoms with Crippen LogP contribution in [0.4, 0.5) is 0 Å². The average Bonchev–Trinajstić information content (AvgIpc) is 2.43. The van der Waals surface area contributed by atoms with Gasteiger partial charge < -0.3 is 10.5 Å². The smallest absolute Gasteiger partial charge is 0.245 e. The first-order valence-electron chi connectivity index (χ1n) is 7.14. The normalized spacial score (nSPS) is 12.5. The van der Waals surface area contributed by atoms with E-state index in [1.807, 2.05) is 26.8 Å². The maximum absolute atomic E-state index is 12.8. The number of aryl methyl sites for hydroxylation is 2. The van der Waals surface area contributed by atoms with Crippen LogP contribution in [0.15, 0.2) is 17.0 Å². The van der Waals surface area contributed by atoms with Crippen molar-refractivity contribution in [1.29, 1.82) is 0 Å². The number of rotatable bonds is 7. The monoisotopic (exact) mass is 314 g/mol. The van der Waals surface area contributed by atoms with Crippen LogP contribution in [0.1, 0.15) is 37.8 Å². The molecule has 0 aliphatic rings. The summed E-state index contributed by atoms with van der Waals surface area (Å²) >= 11 is 0. The molecule has 0 saturated carbocycles. The summed E-state index contributed by atoms with van der Waals surface area (Å²) in [7, 11) is -2.22. The Balaban J connectivity index is 3.38. The molecular weight excluding hydrogens is 288 g/mol. The van der Waals surface area contributed by atoms with Gasteiger partial charge in [-0.3, -0.25) is 0 Å². The van der Waals surface area contributed by atoms with Crippen LogP contribution in [-0.4, -0.2) is 27.6 Å². The van der Waals surface area contributed by atoms with Crippen LogP contribution in [0, 0.1) is 13.8 Å². The van der Waals surface area contributed by atoms with Crippen LogP contribution < -0.4 is 15.2 Å². The highest BCUT2D eigenvalue weighted by Gasteiger charge is 2.33. The summed E-state index contributed by atoms with van der Waals surface area (Å²) in [5, 5.41) is 0. The first-order chi connectivity index (χ1) is 9.75. The Morgan fingerprint density at radius 2 is 1.81 bits per heavy atom. The molecule has 0 saturated heterocycles. The fourth-order valence-electron chi connectivity index (χ4n) is 2.47. The van der Waals surface area contributed by atoms with E-state index in [-0.39, 0.29) is 11.4 Å². The predicted molar refractivity (Wildman–Crippen MR) is 85.2 cm³/mol. The molecule has 0 atom stereocenters. The lowest BCUT2D eigenvalue weighted by Crippen LogP contribution is -2.52. The lowest BCUT2D eigenvalue weighted by Gasteiger charge is -2.31. The maximum atomic E-state index is 12.8. The number of methoxy groups -OCH3 is 1. The van der Waals surface area contributed by atoms with Gasteiger partial charge in [0, 0.05) is 12.1 Å². The van der Waals surface area contributed by atoms with Crippen LogP contribution in [0.2, 0.25) is 0 Å². The van der Waals surface area contributed by atoms with Crippen molar-refractivity contribution in [1.82, 2.24) is 4.72 Å². The minimum Gasteiger partial charge on any atom is -0.495 e. The van der Waals surface area contributed by atoms with E-state index >= 15 is 0 Å². The quantitative estimate of drug-likeness (QED) is 0.807. The third kappa shape index (κ3) is 3.75. The summed E-state index contributed by atoms with van der Waals surface area (Å²) in [4.78, 5) is 0.190. The van der Waals surface area contributed by atoms with Gasteiger partial charge in [0.2, 0.25) is 10.0 Å². The molecule has 5 nitrogen and oxygen atoms in total. The van der Waals surface area contributed by atoms with Crippen molar-refractivity contribution in [2.75, 3.05) is 13.7 Å². The summed E-state index contributed by atoms with van der Waals surface area (Å²) in [6, 6.07) is 3.56. The van der Waals surface area contributed by atoms with Gasteiger partial charge in [0.25, 0.3) is 0 Å². The van der Waals surface area contributed by atoms with E-state index in [1.165, 1.54) is 7.11 Å². The van der Waals surface area contributed by atoms with Crippen molar-refractivity contribution in [3.63, 3.8) is 0 Å². The van der Waals surface area contributed by atoms with E-state index in [4.69, 9.17) is 10.5 Å². The van der Waals surface area contributed by atoms with Gasteiger partial charge in [0.15, 0.2) is 0 Å². The van der Waals surface area contributed by atoms with Gasteiger partial charge in [-0.15, -0.1) is 0 Å². The number of benzene rings is 1. The van der Waals surface area contributed by atoms with E-state index in [0.29, 0.717) is 24.2 Å². The molecule has 0 unspecified atom stereocenters. The topological polar surface area (TPSA) is 81.4 Å². The molecule has 6 heteroatoms. The molecule has 1 aromatic carbocycles. The Morgan fingerprint density at radius 3 is 2.24 bits per heavy atom. The Morgan fingerprint density at radius 1 is 1.24 bits per heavy atom. The molecule has 0 fully saturated rings. The van der Waals surface area contributed by atoms with Gasteiger partial charge in [0.05, 0.1) is 7.11 Å². The van der Waals surface area contributed by atoms with Crippen LogP contribution in [0.25, 0.3) is 0 Å². The molecule has 0 radical (unpaired) electrons. The molecule has 0 heterocycles. The molecule has 1 rings (SSSR count). The number of hydrogen-bond acceptors (Lipinski definition) is 4. The number of sulfonamides is 1. The van der Waals surface area contributed by atoms with Crippen molar-refractivity contribution >= 4 is 10.0 Å². The Hall–Kier alpha value is -1.11. The number of nitrogens with two attached hydrogens (primary N) is 1. The Kier molecular flexibility index (Phi) is 5.78. The minimum absolute atomic E-state index is 0.190. The number of hydrogen-bond donors (Lipinski definition) is 2. The SMILES string of the molecule is CCC(CC)(CN)NS(=O)(=O)c1c(C)cc(C)cc1OC. The van der Waals surface area contributed by atoms with Gasteiger partial charge in [-0.2, -0.15) is 0 Å². The zero-order valence-corrected chi connectivity index (χ0v) is 14.3. The van der Waals surface area contributed by atoms with E-state index in [2.05, 4.69) is 4.72 Å². The van der Waals surface area contributed by atoms with Gasteiger partial charge in [-0.25, -0.2) is 13.1 Å². The van der Waals surface area contributed by atoms with E-state index in [0.717, 1.165) is 5.56 Å². The van der Waals surface area contributed by atoms with Crippen molar-refractivity contribution in [2.45, 2.75) is 51.0 Å². The zero-order valence-electron chi connectivity index (χ0n) is 13.5. The van der Waals surface area contributed by atoms with Crippen molar-refractivity contribution in [3.05, 3.63) is 23.3 Å². The Labute approximate surface area is 127 Å². The van der Waals surface area contributed by atoms with Crippen molar-refractivity contribution in [3.8, 4) is 5.75 Å². The molecule has 21 heavy (non-hydrogen) atoms. The number of nitrogens with one attached hydrogen (secondary N) is 1. The van der Waals surface area contributed by atoms with Crippen LogP contribution in [0.3, 0.4) is 0 Å². The standard InChI is InChI=1S/C15H26N2O3S/c1-6-15(7-2,10-16)17-21(18,19)14-12(4)8-11(3)9-13(14)20-5/h8-9,17H,6-7,10,16H2,1-5H3. The third-order valence-electron chi connectivity index (χ3n) is 3.97. The van der Waals surface area contributed by atoms with Gasteiger partial charge in [-0.1, -0.05) is 19.9 Å². The predicted octanol–water partition coefficient (Wildman–Crippen LogP) is 2.11. The fourth-order valence-corrected chi connectivity index (χ4v) is 4.41. The molecule has 0 aliphatic carbocycles. The molecule has 0 aliphatic heterocycles. The van der Waals surface area contributed by atoms with Gasteiger partial charge in [0.1, 0.15) is 10.6 Å². The lowest BCUT2D eigenvalue weighted by molar-refractivity contribution is 0.360. The van der Waals surface area contributed by atoms with Crippen LogP contribution in [0.5, 0.6) is 5.75 Å². The molecule has 1 aromatic rings. The molecule has 0 amide bonds. The first-order valence-corrected chi connectivity index (χ1v) is 8.62. The van der Waals surface area contributed by atoms with Crippen LogP contribution in [-0.2, 0) is 10.0 Å². The third-order valence-corrected chi connectivity index (χ3v) is 5.73. The fraction of sp³-hybridized carbons (Fsp3) is 0.600. The summed E-state index contributed by atoms with van der Waals surface area (Å²) in [5.74, 6) is 0.359. The summed E-state index contributed by atoms with van der Waals surface area (Å²) in [5.41, 5.74) is 6.79. The molecule has 3 N–H and O–H groups in total. The lowest BCUT2D eigenvalue weighted by atomic mass is 9.95. The van der Waals surface area contributed by atoms with Gasteiger partial charge in [-0.05, 0) is 43.9 Å². The second kappa shape index (κ2) is 6.77. The van der Waals surface area contributed by atoms with E-state index in [9.17, 15) is 8.42 Å². The number of ether oxygens (including phenoxy) is 1. The van der Waals surface area contributed by atoms with Crippen LogP contribution >= 0.6 is 0 Å². The highest BCUT2D eigenvalue weighted by Crippen LogP contribution is 2.30.